The molecule has 18 heavy (non-hydrogen) atoms. The summed E-state index contributed by atoms with van der Waals surface area (Å²) in [5.74, 6) is 0. The van der Waals surface area contributed by atoms with Crippen molar-refractivity contribution < 1.29 is 30.9 Å². The minimum absolute atomic E-state index is 0.0827. The first-order valence-corrected chi connectivity index (χ1v) is 6.18. The van der Waals surface area contributed by atoms with Crippen LogP contribution in [-0.4, -0.2) is 20.1 Å². The Morgan fingerprint density at radius 1 is 1.33 bits per heavy atom. The summed E-state index contributed by atoms with van der Waals surface area (Å²) in [5, 5.41) is 0. The van der Waals surface area contributed by atoms with E-state index in [1.54, 1.807) is 0 Å². The molecule has 0 saturated heterocycles. The fourth-order valence-corrected chi connectivity index (χ4v) is 2.11. The number of ether oxygens (including phenoxy) is 1. The van der Waals surface area contributed by atoms with Crippen molar-refractivity contribution in [2.45, 2.75) is 24.6 Å². The Bertz CT molecular complexity index is 549. The van der Waals surface area contributed by atoms with Crippen LogP contribution in [0, 0.1) is 6.92 Å². The van der Waals surface area contributed by atoms with E-state index >= 15 is 0 Å². The van der Waals surface area contributed by atoms with Crippen molar-refractivity contribution in [1.29, 1.82) is 0 Å². The number of hydrogen-bond acceptors (Lipinski definition) is 3. The number of halogens is 3. The molecule has 0 heterocycles. The van der Waals surface area contributed by atoms with Gasteiger partial charge in [-0.15, -0.1) is 0 Å². The lowest BCUT2D eigenvalue weighted by atomic mass is 10.0. The average Bonchev–Trinajstić information content (AvgIpc) is 2.17. The Morgan fingerprint density at radius 3 is 2.28 bits per heavy atom. The van der Waals surface area contributed by atoms with Gasteiger partial charge in [-0.3, -0.25) is 4.55 Å². The van der Waals surface area contributed by atoms with E-state index in [0.29, 0.717) is 6.07 Å². The second-order valence-electron chi connectivity index (χ2n) is 3.67. The van der Waals surface area contributed by atoms with Gasteiger partial charge in [-0.05, 0) is 30.2 Å². The molecule has 1 N–H and O–H groups in total. The highest BCUT2D eigenvalue weighted by molar-refractivity contribution is 7.85. The Morgan fingerprint density at radius 2 is 1.89 bits per heavy atom. The first-order chi connectivity index (χ1) is 8.07. The molecule has 0 radical (unpaired) electrons. The van der Waals surface area contributed by atoms with Crippen molar-refractivity contribution in [2.24, 2.45) is 0 Å². The lowest BCUT2D eigenvalue weighted by Gasteiger charge is -2.16. The van der Waals surface area contributed by atoms with Crippen LogP contribution in [0.2, 0.25) is 0 Å². The standard InChI is InChI=1S/C10H11F3O4S/c1-6-3-7(18(14,15)16)4-9(10(11,12)13)8(6)5-17-2/h3-4H,5H2,1-2H3,(H,14,15,16). The molecule has 0 unspecified atom stereocenters. The third kappa shape index (κ3) is 3.21. The average molecular weight is 284 g/mol. The first kappa shape index (κ1) is 14.9. The Kier molecular flexibility index (Phi) is 4.04. The maximum absolute atomic E-state index is 12.8. The van der Waals surface area contributed by atoms with Crippen molar-refractivity contribution in [2.75, 3.05) is 7.11 Å². The monoisotopic (exact) mass is 284 g/mol. The number of rotatable bonds is 3. The summed E-state index contributed by atoms with van der Waals surface area (Å²) >= 11 is 0. The largest absolute Gasteiger partial charge is 0.416 e. The molecule has 1 aromatic rings. The molecule has 0 spiro atoms. The Labute approximate surface area is 102 Å². The van der Waals surface area contributed by atoms with Crippen LogP contribution >= 0.6 is 0 Å². The van der Waals surface area contributed by atoms with Gasteiger partial charge in [0.05, 0.1) is 17.1 Å². The van der Waals surface area contributed by atoms with Crippen molar-refractivity contribution in [3.05, 3.63) is 28.8 Å². The quantitative estimate of drug-likeness (QED) is 0.866. The van der Waals surface area contributed by atoms with Crippen LogP contribution in [0.15, 0.2) is 17.0 Å². The highest BCUT2D eigenvalue weighted by Gasteiger charge is 2.35. The summed E-state index contributed by atoms with van der Waals surface area (Å²) in [6.45, 7) is 1.02. The van der Waals surface area contributed by atoms with E-state index in [1.165, 1.54) is 14.0 Å². The number of methoxy groups -OCH3 is 1. The van der Waals surface area contributed by atoms with Crippen molar-refractivity contribution in [3.8, 4) is 0 Å². The normalized spacial score (nSPS) is 12.8. The fourth-order valence-electron chi connectivity index (χ4n) is 1.52. The number of aryl methyl sites for hydroxylation is 1. The highest BCUT2D eigenvalue weighted by atomic mass is 32.2. The maximum atomic E-state index is 12.8. The molecule has 0 aliphatic rings. The fraction of sp³-hybridized carbons (Fsp3) is 0.400. The van der Waals surface area contributed by atoms with Gasteiger partial charge in [0, 0.05) is 7.11 Å². The molecule has 1 rings (SSSR count). The van der Waals surface area contributed by atoms with E-state index < -0.39 is 26.8 Å². The molecular weight excluding hydrogens is 273 g/mol. The zero-order chi connectivity index (χ0) is 14.1. The molecule has 0 aliphatic carbocycles. The third-order valence-electron chi connectivity index (χ3n) is 2.34. The molecule has 0 atom stereocenters. The maximum Gasteiger partial charge on any atom is 0.416 e. The van der Waals surface area contributed by atoms with E-state index in [9.17, 15) is 21.6 Å². The van der Waals surface area contributed by atoms with Crippen LogP contribution in [0.25, 0.3) is 0 Å². The van der Waals surface area contributed by atoms with Crippen LogP contribution in [-0.2, 0) is 27.6 Å². The van der Waals surface area contributed by atoms with Gasteiger partial charge in [0.2, 0.25) is 0 Å². The van der Waals surface area contributed by atoms with Gasteiger partial charge in [0.15, 0.2) is 0 Å². The van der Waals surface area contributed by atoms with Crippen LogP contribution in [0.4, 0.5) is 13.2 Å². The summed E-state index contributed by atoms with van der Waals surface area (Å²) in [7, 11) is -3.45. The summed E-state index contributed by atoms with van der Waals surface area (Å²) < 4.78 is 73.6. The zero-order valence-electron chi connectivity index (χ0n) is 9.58. The predicted molar refractivity (Wildman–Crippen MR) is 56.7 cm³/mol. The molecule has 102 valence electrons. The van der Waals surface area contributed by atoms with Gasteiger partial charge in [-0.1, -0.05) is 0 Å². The van der Waals surface area contributed by atoms with E-state index in [4.69, 9.17) is 4.55 Å². The molecule has 4 nitrogen and oxygen atoms in total. The molecule has 0 aliphatic heterocycles. The molecule has 0 bridgehead atoms. The van der Waals surface area contributed by atoms with Gasteiger partial charge in [0.1, 0.15) is 0 Å². The molecule has 0 fully saturated rings. The second-order valence-corrected chi connectivity index (χ2v) is 5.09. The minimum atomic E-state index is -4.72. The van der Waals surface area contributed by atoms with Crippen LogP contribution in [0.5, 0.6) is 0 Å². The molecule has 1 aromatic carbocycles. The third-order valence-corrected chi connectivity index (χ3v) is 3.17. The highest BCUT2D eigenvalue weighted by Crippen LogP contribution is 2.35. The summed E-state index contributed by atoms with van der Waals surface area (Å²) in [6.07, 6.45) is -4.72. The van der Waals surface area contributed by atoms with E-state index in [2.05, 4.69) is 4.74 Å². The number of alkyl halides is 3. The molecule has 0 amide bonds. The molecule has 0 aromatic heterocycles. The van der Waals surface area contributed by atoms with Gasteiger partial charge >= 0.3 is 6.18 Å². The van der Waals surface area contributed by atoms with E-state index in [-0.39, 0.29) is 17.7 Å². The van der Waals surface area contributed by atoms with Crippen molar-refractivity contribution in [3.63, 3.8) is 0 Å². The van der Waals surface area contributed by atoms with Gasteiger partial charge < -0.3 is 4.74 Å². The van der Waals surface area contributed by atoms with E-state index in [0.717, 1.165) is 6.07 Å². The van der Waals surface area contributed by atoms with Crippen LogP contribution in [0.3, 0.4) is 0 Å². The summed E-state index contributed by atoms with van der Waals surface area (Å²) in [6, 6.07) is 1.37. The minimum Gasteiger partial charge on any atom is -0.380 e. The molecule has 8 heteroatoms. The van der Waals surface area contributed by atoms with Crippen molar-refractivity contribution in [1.82, 2.24) is 0 Å². The molecular formula is C10H11F3O4S. The van der Waals surface area contributed by atoms with Gasteiger partial charge in [-0.25, -0.2) is 0 Å². The van der Waals surface area contributed by atoms with Gasteiger partial charge in [-0.2, -0.15) is 21.6 Å². The van der Waals surface area contributed by atoms with E-state index in [1.807, 2.05) is 0 Å². The SMILES string of the molecule is COCc1c(C)cc(S(=O)(=O)O)cc1C(F)(F)F. The van der Waals surface area contributed by atoms with Gasteiger partial charge in [0.25, 0.3) is 10.1 Å². The number of benzene rings is 1. The summed E-state index contributed by atoms with van der Waals surface area (Å²) in [5.41, 5.74) is -1.20. The second kappa shape index (κ2) is 4.87. The summed E-state index contributed by atoms with van der Waals surface area (Å²) in [4.78, 5) is -0.785. The lowest BCUT2D eigenvalue weighted by molar-refractivity contribution is -0.139. The van der Waals surface area contributed by atoms with Crippen molar-refractivity contribution >= 4 is 10.1 Å². The first-order valence-electron chi connectivity index (χ1n) is 4.74. The predicted octanol–water partition coefficient (Wildman–Crippen LogP) is 2.41. The van der Waals surface area contributed by atoms with Crippen LogP contribution in [0.1, 0.15) is 16.7 Å². The lowest BCUT2D eigenvalue weighted by Crippen LogP contribution is -2.13. The topological polar surface area (TPSA) is 63.6 Å². The Hall–Kier alpha value is -1.12. The molecule has 0 saturated carbocycles. The Balaban J connectivity index is 3.58. The smallest absolute Gasteiger partial charge is 0.380 e. The number of hydrogen-bond donors (Lipinski definition) is 1. The zero-order valence-corrected chi connectivity index (χ0v) is 10.4. The van der Waals surface area contributed by atoms with Crippen LogP contribution < -0.4 is 0 Å².